The summed E-state index contributed by atoms with van der Waals surface area (Å²) in [5.74, 6) is 0.902. The van der Waals surface area contributed by atoms with E-state index in [0.29, 0.717) is 0 Å². The summed E-state index contributed by atoms with van der Waals surface area (Å²) in [4.78, 5) is 10.4. The topological polar surface area (TPSA) is 24.3 Å². The third-order valence-corrected chi connectivity index (χ3v) is 11.4. The number of aromatic nitrogens is 2. The third kappa shape index (κ3) is 6.59. The lowest BCUT2D eigenvalue weighted by molar-refractivity contribution is 1.11. The summed E-state index contributed by atoms with van der Waals surface area (Å²) in [6, 6.07) is 70.3. The summed E-state index contributed by atoms with van der Waals surface area (Å²) in [7, 11) is 0. The highest BCUT2D eigenvalue weighted by Crippen LogP contribution is 2.45. The van der Waals surface area contributed by atoms with Crippen LogP contribution in [0.1, 0.15) is 22.3 Å². The van der Waals surface area contributed by atoms with E-state index in [1.165, 1.54) is 27.6 Å². The summed E-state index contributed by atoms with van der Waals surface area (Å²) in [5.41, 5.74) is 15.6. The van der Waals surface area contributed by atoms with Crippen LogP contribution in [0, 0.1) is 27.7 Å². The van der Waals surface area contributed by atoms with E-state index in [9.17, 15) is 0 Å². The van der Waals surface area contributed by atoms with Crippen molar-refractivity contribution in [1.29, 1.82) is 0 Å². The fourth-order valence-corrected chi connectivity index (χ4v) is 8.34. The van der Waals surface area contributed by atoms with Crippen LogP contribution < -0.4 is 9.80 Å². The van der Waals surface area contributed by atoms with Crippen molar-refractivity contribution in [3.8, 4) is 17.1 Å². The van der Waals surface area contributed by atoms with E-state index in [4.69, 9.17) is 4.98 Å². The molecule has 4 heteroatoms. The second-order valence-electron chi connectivity index (χ2n) is 15.6. The van der Waals surface area contributed by atoms with E-state index < -0.39 is 0 Å². The van der Waals surface area contributed by atoms with Crippen LogP contribution in [0.5, 0.6) is 0 Å². The maximum atomic E-state index is 5.65. The number of imidazole rings is 1. The molecule has 59 heavy (non-hydrogen) atoms. The van der Waals surface area contributed by atoms with Crippen LogP contribution in [0.15, 0.2) is 194 Å². The molecule has 0 amide bonds. The first-order valence-corrected chi connectivity index (χ1v) is 20.3. The zero-order valence-corrected chi connectivity index (χ0v) is 33.8. The van der Waals surface area contributed by atoms with Gasteiger partial charge >= 0.3 is 0 Å². The third-order valence-electron chi connectivity index (χ3n) is 11.4. The van der Waals surface area contributed by atoms with Crippen molar-refractivity contribution >= 4 is 66.7 Å². The van der Waals surface area contributed by atoms with Gasteiger partial charge in [-0.2, -0.15) is 0 Å². The van der Waals surface area contributed by atoms with Gasteiger partial charge in [-0.25, -0.2) is 4.98 Å². The quantitative estimate of drug-likeness (QED) is 0.144. The second-order valence-corrected chi connectivity index (χ2v) is 15.6. The van der Waals surface area contributed by atoms with Crippen molar-refractivity contribution in [2.45, 2.75) is 27.7 Å². The lowest BCUT2D eigenvalue weighted by Crippen LogP contribution is -2.10. The van der Waals surface area contributed by atoms with Crippen molar-refractivity contribution in [3.05, 3.63) is 216 Å². The number of hydrogen-bond donors (Lipinski definition) is 0. The van der Waals surface area contributed by atoms with Gasteiger partial charge in [0.15, 0.2) is 0 Å². The first-order valence-electron chi connectivity index (χ1n) is 20.3. The molecule has 0 aliphatic heterocycles. The first-order chi connectivity index (χ1) is 28.9. The Morgan fingerprint density at radius 1 is 0.356 bits per heavy atom. The number of nitrogens with zero attached hydrogens (tertiary/aromatic N) is 4. The molecular weight excluding hydrogens is 717 g/mol. The second kappa shape index (κ2) is 14.8. The molecule has 0 bridgehead atoms. The summed E-state index contributed by atoms with van der Waals surface area (Å²) < 4.78 is 2.36. The molecule has 0 unspecified atom stereocenters. The minimum absolute atomic E-state index is 0.902. The van der Waals surface area contributed by atoms with Gasteiger partial charge in [0.25, 0.3) is 0 Å². The Hall–Kier alpha value is -7.43. The lowest BCUT2D eigenvalue weighted by Gasteiger charge is -2.27. The van der Waals surface area contributed by atoms with E-state index >= 15 is 0 Å². The number of fused-ring (bicyclic) bond motifs is 6. The monoisotopic (exact) mass is 760 g/mol. The van der Waals surface area contributed by atoms with Gasteiger partial charge in [-0.1, -0.05) is 131 Å². The molecule has 9 aromatic carbocycles. The highest BCUT2D eigenvalue weighted by atomic mass is 15.2. The summed E-state index contributed by atoms with van der Waals surface area (Å²) >= 11 is 0. The standard InChI is InChI=1S/C55H44N4/c1-37-15-23-43(24-16-37)57(44-25-17-38(2)18-26-44)47-31-33-49-50-34-32-48(58(45-27-19-39(3)20-28-45)46-29-21-40(4)22-30-46)36-52(50)54-53(51(49)35-47)56-55(41-11-7-5-8-12-41)59(54)42-13-9-6-10-14-42/h5-36H,1-4H3. The molecule has 284 valence electrons. The van der Waals surface area contributed by atoms with E-state index in [2.05, 4.69) is 236 Å². The molecule has 0 saturated heterocycles. The summed E-state index contributed by atoms with van der Waals surface area (Å²) in [6.45, 7) is 8.55. The Morgan fingerprint density at radius 3 is 1.17 bits per heavy atom. The Kier molecular flexibility index (Phi) is 9.03. The van der Waals surface area contributed by atoms with Crippen molar-refractivity contribution < 1.29 is 0 Å². The van der Waals surface area contributed by atoms with Gasteiger partial charge in [-0.15, -0.1) is 0 Å². The molecule has 0 atom stereocenters. The van der Waals surface area contributed by atoms with Crippen LogP contribution in [0.3, 0.4) is 0 Å². The van der Waals surface area contributed by atoms with Crippen molar-refractivity contribution in [1.82, 2.24) is 9.55 Å². The maximum Gasteiger partial charge on any atom is 0.145 e. The normalized spacial score (nSPS) is 11.4. The van der Waals surface area contributed by atoms with Crippen LogP contribution in [-0.2, 0) is 0 Å². The van der Waals surface area contributed by atoms with Gasteiger partial charge in [0, 0.05) is 56.1 Å². The molecule has 0 radical (unpaired) electrons. The smallest absolute Gasteiger partial charge is 0.145 e. The average molecular weight is 761 g/mol. The van der Waals surface area contributed by atoms with Crippen molar-refractivity contribution in [2.75, 3.05) is 9.80 Å². The van der Waals surface area contributed by atoms with E-state index in [0.717, 1.165) is 78.4 Å². The molecule has 0 aliphatic rings. The zero-order chi connectivity index (χ0) is 40.0. The number of rotatable bonds is 8. The molecule has 0 aliphatic carbocycles. The minimum atomic E-state index is 0.902. The Labute approximate surface area is 345 Å². The summed E-state index contributed by atoms with van der Waals surface area (Å²) in [5, 5.41) is 4.56. The fraction of sp³-hybridized carbons (Fsp3) is 0.0727. The van der Waals surface area contributed by atoms with Crippen LogP contribution in [0.2, 0.25) is 0 Å². The van der Waals surface area contributed by atoms with Crippen LogP contribution in [-0.4, -0.2) is 9.55 Å². The van der Waals surface area contributed by atoms with Gasteiger partial charge in [-0.05, 0) is 123 Å². The van der Waals surface area contributed by atoms with Gasteiger partial charge < -0.3 is 9.80 Å². The van der Waals surface area contributed by atoms with Crippen LogP contribution >= 0.6 is 0 Å². The van der Waals surface area contributed by atoms with Crippen LogP contribution in [0.4, 0.5) is 34.1 Å². The number of aryl methyl sites for hydroxylation is 4. The highest BCUT2D eigenvalue weighted by Gasteiger charge is 2.23. The lowest BCUT2D eigenvalue weighted by atomic mass is 9.97. The fourth-order valence-electron chi connectivity index (χ4n) is 8.34. The molecule has 0 saturated carbocycles. The Balaban J connectivity index is 1.30. The largest absolute Gasteiger partial charge is 0.310 e. The highest BCUT2D eigenvalue weighted by molar-refractivity contribution is 6.25. The van der Waals surface area contributed by atoms with Gasteiger partial charge in [0.05, 0.1) is 11.0 Å². The molecule has 4 nitrogen and oxygen atoms in total. The average Bonchev–Trinajstić information content (AvgIpc) is 3.69. The maximum absolute atomic E-state index is 5.65. The molecule has 10 rings (SSSR count). The van der Waals surface area contributed by atoms with Gasteiger partial charge in [-0.3, -0.25) is 4.57 Å². The zero-order valence-electron chi connectivity index (χ0n) is 33.8. The predicted molar refractivity (Wildman–Crippen MR) is 250 cm³/mol. The number of benzene rings is 9. The number of anilines is 6. The number of hydrogen-bond acceptors (Lipinski definition) is 3. The molecule has 0 spiro atoms. The Bertz CT molecular complexity index is 3000. The van der Waals surface area contributed by atoms with E-state index in [1.54, 1.807) is 0 Å². The molecule has 0 N–H and O–H groups in total. The molecule has 10 aromatic rings. The summed E-state index contributed by atoms with van der Waals surface area (Å²) in [6.07, 6.45) is 0. The first kappa shape index (κ1) is 35.9. The van der Waals surface area contributed by atoms with E-state index in [1.807, 2.05) is 0 Å². The number of para-hydroxylation sites is 1. The predicted octanol–water partition coefficient (Wildman–Crippen LogP) is 15.2. The molecule has 1 heterocycles. The Morgan fingerprint density at radius 2 is 0.729 bits per heavy atom. The minimum Gasteiger partial charge on any atom is -0.310 e. The molecule has 1 aromatic heterocycles. The molecular formula is C55H44N4. The van der Waals surface area contributed by atoms with Crippen molar-refractivity contribution in [2.24, 2.45) is 0 Å². The van der Waals surface area contributed by atoms with E-state index in [-0.39, 0.29) is 0 Å². The van der Waals surface area contributed by atoms with Gasteiger partial charge in [0.2, 0.25) is 0 Å². The SMILES string of the molecule is Cc1ccc(N(c2ccc(C)cc2)c2ccc3c4ccc(N(c5ccc(C)cc5)c5ccc(C)cc5)cc4c4c(nc(-c5ccccc5)n4-c4ccccc4)c3c2)cc1. The van der Waals surface area contributed by atoms with Gasteiger partial charge in [0.1, 0.15) is 5.82 Å². The van der Waals surface area contributed by atoms with Crippen molar-refractivity contribution in [3.63, 3.8) is 0 Å². The molecule has 0 fully saturated rings. The van der Waals surface area contributed by atoms with Crippen LogP contribution in [0.25, 0.3) is 49.7 Å².